The van der Waals surface area contributed by atoms with Gasteiger partial charge >= 0.3 is 6.09 Å². The number of aromatic nitrogens is 2. The number of hydrogen-bond acceptors (Lipinski definition) is 4. The second-order valence-electron chi connectivity index (χ2n) is 7.97. The van der Waals surface area contributed by atoms with E-state index in [-0.39, 0.29) is 12.0 Å². The van der Waals surface area contributed by atoms with E-state index in [1.807, 2.05) is 40.7 Å². The van der Waals surface area contributed by atoms with E-state index in [0.717, 1.165) is 31.5 Å². The van der Waals surface area contributed by atoms with Crippen molar-refractivity contribution in [2.45, 2.75) is 66.0 Å². The summed E-state index contributed by atoms with van der Waals surface area (Å²) in [6.45, 7) is 12.2. The molecule has 2 heterocycles. The molecule has 1 aliphatic rings. The summed E-state index contributed by atoms with van der Waals surface area (Å²) < 4.78 is 7.18. The van der Waals surface area contributed by atoms with Crippen molar-refractivity contribution in [3.8, 4) is 0 Å². The lowest BCUT2D eigenvalue weighted by atomic mass is 9.95. The first-order valence-electron chi connectivity index (χ1n) is 9.50. The molecule has 1 atom stereocenters. The van der Waals surface area contributed by atoms with Gasteiger partial charge in [-0.1, -0.05) is 0 Å². The zero-order valence-corrected chi connectivity index (χ0v) is 16.7. The number of piperidine rings is 1. The van der Waals surface area contributed by atoms with Crippen LogP contribution >= 0.6 is 0 Å². The quantitative estimate of drug-likeness (QED) is 0.871. The molecule has 1 aromatic rings. The summed E-state index contributed by atoms with van der Waals surface area (Å²) in [5.41, 5.74) is 0.972. The van der Waals surface area contributed by atoms with Gasteiger partial charge in [0.15, 0.2) is 0 Å². The van der Waals surface area contributed by atoms with Crippen LogP contribution in [-0.4, -0.2) is 51.9 Å². The minimum absolute atomic E-state index is 0.0905. The van der Waals surface area contributed by atoms with E-state index in [2.05, 4.69) is 10.4 Å². The van der Waals surface area contributed by atoms with E-state index in [9.17, 15) is 9.59 Å². The largest absolute Gasteiger partial charge is 0.444 e. The Hall–Kier alpha value is -2.05. The lowest BCUT2D eigenvalue weighted by Gasteiger charge is -2.34. The molecule has 146 valence electrons. The Labute approximate surface area is 156 Å². The highest BCUT2D eigenvalue weighted by atomic mass is 16.6. The van der Waals surface area contributed by atoms with Crippen LogP contribution in [0.1, 0.15) is 63.1 Å². The number of likely N-dealkylation sites (tertiary alicyclic amines) is 1. The number of carbonyl (C=O) groups is 2. The standard InChI is InChI=1S/C19H32N4O3/c1-6-23-16(12-14(2)21-23)17(24)20-10-9-15-8-7-11-22(13-15)18(25)26-19(3,4)5/h12,15H,6-11,13H2,1-5H3,(H,20,24). The number of amides is 2. The van der Waals surface area contributed by atoms with E-state index in [0.29, 0.717) is 31.2 Å². The van der Waals surface area contributed by atoms with Gasteiger partial charge in [-0.15, -0.1) is 0 Å². The van der Waals surface area contributed by atoms with Crippen LogP contribution in [0.4, 0.5) is 4.79 Å². The summed E-state index contributed by atoms with van der Waals surface area (Å²) in [6, 6.07) is 1.81. The van der Waals surface area contributed by atoms with Gasteiger partial charge in [0.05, 0.1) is 5.69 Å². The minimum atomic E-state index is -0.474. The Morgan fingerprint density at radius 2 is 2.12 bits per heavy atom. The Kier molecular flexibility index (Phi) is 6.67. The molecule has 26 heavy (non-hydrogen) atoms. The highest BCUT2D eigenvalue weighted by Crippen LogP contribution is 2.21. The summed E-state index contributed by atoms with van der Waals surface area (Å²) in [7, 11) is 0. The fourth-order valence-corrected chi connectivity index (χ4v) is 3.24. The van der Waals surface area contributed by atoms with Crippen molar-refractivity contribution in [1.82, 2.24) is 20.0 Å². The van der Waals surface area contributed by atoms with Gasteiger partial charge < -0.3 is 15.0 Å². The molecular formula is C19H32N4O3. The van der Waals surface area contributed by atoms with Crippen molar-refractivity contribution in [2.24, 2.45) is 5.92 Å². The zero-order chi connectivity index (χ0) is 19.3. The lowest BCUT2D eigenvalue weighted by molar-refractivity contribution is 0.0161. The average Bonchev–Trinajstić information content (AvgIpc) is 2.94. The van der Waals surface area contributed by atoms with Gasteiger partial charge in [-0.05, 0) is 65.9 Å². The maximum absolute atomic E-state index is 12.4. The molecular weight excluding hydrogens is 332 g/mol. The van der Waals surface area contributed by atoms with Crippen LogP contribution in [0, 0.1) is 12.8 Å². The lowest BCUT2D eigenvalue weighted by Crippen LogP contribution is -2.43. The number of ether oxygens (including phenoxy) is 1. The van der Waals surface area contributed by atoms with Gasteiger partial charge in [0.25, 0.3) is 5.91 Å². The molecule has 7 nitrogen and oxygen atoms in total. The van der Waals surface area contributed by atoms with Crippen molar-refractivity contribution in [3.63, 3.8) is 0 Å². The molecule has 2 rings (SSSR count). The smallest absolute Gasteiger partial charge is 0.410 e. The Morgan fingerprint density at radius 1 is 1.38 bits per heavy atom. The van der Waals surface area contributed by atoms with Crippen LogP contribution in [-0.2, 0) is 11.3 Å². The van der Waals surface area contributed by atoms with Crippen LogP contribution in [0.15, 0.2) is 6.07 Å². The van der Waals surface area contributed by atoms with E-state index >= 15 is 0 Å². The number of rotatable bonds is 5. The van der Waals surface area contributed by atoms with Crippen molar-refractivity contribution in [1.29, 1.82) is 0 Å². The second-order valence-corrected chi connectivity index (χ2v) is 7.97. The summed E-state index contributed by atoms with van der Waals surface area (Å²) in [5.74, 6) is 0.293. The highest BCUT2D eigenvalue weighted by molar-refractivity contribution is 5.92. The summed E-state index contributed by atoms with van der Waals surface area (Å²) in [4.78, 5) is 26.4. The van der Waals surface area contributed by atoms with E-state index in [1.54, 1.807) is 9.58 Å². The van der Waals surface area contributed by atoms with Crippen molar-refractivity contribution < 1.29 is 14.3 Å². The van der Waals surface area contributed by atoms with Gasteiger partial charge in [-0.2, -0.15) is 5.10 Å². The summed E-state index contributed by atoms with van der Waals surface area (Å²) in [5, 5.41) is 7.29. The molecule has 0 spiro atoms. The summed E-state index contributed by atoms with van der Waals surface area (Å²) >= 11 is 0. The predicted octanol–water partition coefficient (Wildman–Crippen LogP) is 2.98. The predicted molar refractivity (Wildman–Crippen MR) is 100 cm³/mol. The highest BCUT2D eigenvalue weighted by Gasteiger charge is 2.27. The molecule has 0 saturated carbocycles. The third-order valence-corrected chi connectivity index (χ3v) is 4.44. The third kappa shape index (κ3) is 5.75. The molecule has 2 amide bonds. The monoisotopic (exact) mass is 364 g/mol. The maximum Gasteiger partial charge on any atom is 0.410 e. The van der Waals surface area contributed by atoms with Gasteiger partial charge in [0, 0.05) is 26.2 Å². The van der Waals surface area contributed by atoms with Crippen molar-refractivity contribution in [3.05, 3.63) is 17.5 Å². The van der Waals surface area contributed by atoms with Gasteiger partial charge in [0.2, 0.25) is 0 Å². The molecule has 1 aromatic heterocycles. The molecule has 1 saturated heterocycles. The number of hydrogen-bond donors (Lipinski definition) is 1. The third-order valence-electron chi connectivity index (χ3n) is 4.44. The minimum Gasteiger partial charge on any atom is -0.444 e. The Morgan fingerprint density at radius 3 is 2.77 bits per heavy atom. The number of nitrogens with one attached hydrogen (secondary N) is 1. The van der Waals surface area contributed by atoms with Crippen LogP contribution in [0.2, 0.25) is 0 Å². The first kappa shape index (κ1) is 20.3. The topological polar surface area (TPSA) is 76.5 Å². The van der Waals surface area contributed by atoms with Gasteiger partial charge in [0.1, 0.15) is 11.3 Å². The molecule has 1 aliphatic heterocycles. The van der Waals surface area contributed by atoms with Crippen LogP contribution < -0.4 is 5.32 Å². The molecule has 0 bridgehead atoms. The number of aryl methyl sites for hydroxylation is 2. The van der Waals surface area contributed by atoms with E-state index in [4.69, 9.17) is 4.74 Å². The molecule has 1 N–H and O–H groups in total. The molecule has 7 heteroatoms. The molecule has 0 aliphatic carbocycles. The van der Waals surface area contributed by atoms with Crippen LogP contribution in [0.5, 0.6) is 0 Å². The SMILES string of the molecule is CCn1nc(C)cc1C(=O)NCCC1CCCN(C(=O)OC(C)(C)C)C1. The zero-order valence-electron chi connectivity index (χ0n) is 16.7. The van der Waals surface area contributed by atoms with Crippen molar-refractivity contribution in [2.75, 3.05) is 19.6 Å². The molecule has 0 radical (unpaired) electrons. The normalized spacial score (nSPS) is 17.9. The molecule has 0 aromatic carbocycles. The van der Waals surface area contributed by atoms with Crippen LogP contribution in [0.3, 0.4) is 0 Å². The number of carbonyl (C=O) groups excluding carboxylic acids is 2. The fourth-order valence-electron chi connectivity index (χ4n) is 3.24. The Bertz CT molecular complexity index is 633. The first-order chi connectivity index (χ1) is 12.2. The summed E-state index contributed by atoms with van der Waals surface area (Å²) in [6.07, 6.45) is 2.65. The van der Waals surface area contributed by atoms with Gasteiger partial charge in [-0.25, -0.2) is 4.79 Å². The Balaban J connectivity index is 1.80. The first-order valence-corrected chi connectivity index (χ1v) is 9.50. The maximum atomic E-state index is 12.4. The van der Waals surface area contributed by atoms with Crippen molar-refractivity contribution >= 4 is 12.0 Å². The molecule has 1 fully saturated rings. The second kappa shape index (κ2) is 8.56. The van der Waals surface area contributed by atoms with E-state index in [1.165, 1.54) is 0 Å². The molecule has 1 unspecified atom stereocenters. The van der Waals surface area contributed by atoms with E-state index < -0.39 is 5.60 Å². The fraction of sp³-hybridized carbons (Fsp3) is 0.737. The van der Waals surface area contributed by atoms with Crippen LogP contribution in [0.25, 0.3) is 0 Å². The van der Waals surface area contributed by atoms with Gasteiger partial charge in [-0.3, -0.25) is 9.48 Å². The average molecular weight is 364 g/mol. The number of nitrogens with zero attached hydrogens (tertiary/aromatic N) is 3.